The Morgan fingerprint density at radius 3 is 2.89 bits per heavy atom. The molecule has 18 heavy (non-hydrogen) atoms. The zero-order valence-electron chi connectivity index (χ0n) is 11.1. The Morgan fingerprint density at radius 2 is 2.22 bits per heavy atom. The molecule has 1 unspecified atom stereocenters. The van der Waals surface area contributed by atoms with E-state index in [1.165, 1.54) is 0 Å². The van der Waals surface area contributed by atoms with Gasteiger partial charge in [-0.25, -0.2) is 0 Å². The van der Waals surface area contributed by atoms with Crippen LogP contribution in [0.4, 0.5) is 0 Å². The van der Waals surface area contributed by atoms with E-state index in [0.29, 0.717) is 19.7 Å². The number of amides is 1. The largest absolute Gasteiger partial charge is 0.466 e. The molecule has 1 amide bonds. The number of hydrogen-bond donors (Lipinski definition) is 1. The topological polar surface area (TPSA) is 70.1 Å². The molecule has 1 heterocycles. The van der Waals surface area contributed by atoms with Gasteiger partial charge in [0.2, 0.25) is 5.91 Å². The third-order valence-corrected chi connectivity index (χ3v) is 2.93. The minimum Gasteiger partial charge on any atom is -0.466 e. The molecule has 104 valence electrons. The summed E-state index contributed by atoms with van der Waals surface area (Å²) in [6.07, 6.45) is 0.0863. The predicted molar refractivity (Wildman–Crippen MR) is 66.0 cm³/mol. The van der Waals surface area contributed by atoms with Crippen LogP contribution in [0.25, 0.3) is 0 Å². The van der Waals surface area contributed by atoms with Gasteiger partial charge in [0, 0.05) is 26.7 Å². The molecule has 1 saturated heterocycles. The van der Waals surface area contributed by atoms with Crippen LogP contribution in [0.2, 0.25) is 0 Å². The zero-order chi connectivity index (χ0) is 13.5. The van der Waals surface area contributed by atoms with Crippen molar-refractivity contribution in [2.45, 2.75) is 25.9 Å². The Morgan fingerprint density at radius 1 is 1.50 bits per heavy atom. The highest BCUT2D eigenvalue weighted by Gasteiger charge is 2.22. The number of esters is 1. The van der Waals surface area contributed by atoms with Gasteiger partial charge in [0.15, 0.2) is 0 Å². The normalized spacial score (nSPS) is 19.5. The molecule has 1 fully saturated rings. The van der Waals surface area contributed by atoms with Gasteiger partial charge in [-0.3, -0.25) is 14.5 Å². The van der Waals surface area contributed by atoms with Crippen LogP contribution in [0.5, 0.6) is 0 Å². The Kier molecular flexibility index (Phi) is 6.07. The van der Waals surface area contributed by atoms with Gasteiger partial charge in [-0.1, -0.05) is 0 Å². The molecule has 1 N–H and O–H groups in total. The highest BCUT2D eigenvalue weighted by atomic mass is 16.5. The Hall–Kier alpha value is -1.14. The van der Waals surface area contributed by atoms with Crippen LogP contribution >= 0.6 is 0 Å². The van der Waals surface area contributed by atoms with Crippen molar-refractivity contribution in [2.75, 3.05) is 39.8 Å². The zero-order valence-corrected chi connectivity index (χ0v) is 11.1. The Labute approximate surface area is 107 Å². The lowest BCUT2D eigenvalue weighted by Crippen LogP contribution is -2.39. The summed E-state index contributed by atoms with van der Waals surface area (Å²) < 4.78 is 4.77. The predicted octanol–water partition coefficient (Wildman–Crippen LogP) is -0.535. The molecule has 6 nitrogen and oxygen atoms in total. The van der Waals surface area contributed by atoms with Gasteiger partial charge in [-0.15, -0.1) is 0 Å². The fourth-order valence-electron chi connectivity index (χ4n) is 1.98. The van der Waals surface area contributed by atoms with E-state index >= 15 is 0 Å². The first kappa shape index (κ1) is 14.9. The number of likely N-dealkylation sites (N-methyl/N-ethyl adjacent to an activating group) is 1. The van der Waals surface area contributed by atoms with E-state index in [4.69, 9.17) is 4.74 Å². The fraction of sp³-hybridized carbons (Fsp3) is 0.833. The smallest absolute Gasteiger partial charge is 0.308 e. The van der Waals surface area contributed by atoms with E-state index < -0.39 is 12.1 Å². The molecule has 0 bridgehead atoms. The van der Waals surface area contributed by atoms with E-state index in [2.05, 4.69) is 0 Å². The van der Waals surface area contributed by atoms with Crippen molar-refractivity contribution >= 4 is 11.9 Å². The van der Waals surface area contributed by atoms with Crippen LogP contribution in [-0.2, 0) is 14.3 Å². The minimum absolute atomic E-state index is 0.0195. The number of carbonyl (C=O) groups excluding carboxylic acids is 2. The van der Waals surface area contributed by atoms with Crippen molar-refractivity contribution in [2.24, 2.45) is 0 Å². The molecule has 1 rings (SSSR count). The summed E-state index contributed by atoms with van der Waals surface area (Å²) in [5, 5.41) is 9.78. The Bertz CT molecular complexity index is 296. The molecule has 0 radical (unpaired) electrons. The summed E-state index contributed by atoms with van der Waals surface area (Å²) >= 11 is 0. The minimum atomic E-state index is -0.778. The third-order valence-electron chi connectivity index (χ3n) is 2.93. The molecule has 0 saturated carbocycles. The first-order valence-corrected chi connectivity index (χ1v) is 6.33. The maximum absolute atomic E-state index is 11.6. The Balaban J connectivity index is 2.36. The van der Waals surface area contributed by atoms with Crippen molar-refractivity contribution in [3.05, 3.63) is 0 Å². The van der Waals surface area contributed by atoms with Crippen molar-refractivity contribution < 1.29 is 19.4 Å². The molecule has 1 atom stereocenters. The summed E-state index contributed by atoms with van der Waals surface area (Å²) in [4.78, 5) is 26.4. The molecule has 0 aromatic rings. The monoisotopic (exact) mass is 258 g/mol. The first-order valence-electron chi connectivity index (χ1n) is 6.33. The summed E-state index contributed by atoms with van der Waals surface area (Å²) in [5.41, 5.74) is 0. The maximum Gasteiger partial charge on any atom is 0.308 e. The quantitative estimate of drug-likeness (QED) is 0.671. The van der Waals surface area contributed by atoms with Crippen LogP contribution in [0, 0.1) is 0 Å². The molecule has 0 aromatic heterocycles. The second-order valence-electron chi connectivity index (χ2n) is 4.57. The highest BCUT2D eigenvalue weighted by molar-refractivity contribution is 5.78. The van der Waals surface area contributed by atoms with Gasteiger partial charge in [0.25, 0.3) is 0 Å². The van der Waals surface area contributed by atoms with E-state index in [0.717, 1.165) is 19.5 Å². The molecule has 0 aliphatic carbocycles. The maximum atomic E-state index is 11.6. The number of aliphatic hydroxyl groups excluding tert-OH is 1. The van der Waals surface area contributed by atoms with E-state index in [1.54, 1.807) is 18.9 Å². The number of hydrogen-bond acceptors (Lipinski definition) is 5. The summed E-state index contributed by atoms with van der Waals surface area (Å²) in [6.45, 7) is 4.18. The summed E-state index contributed by atoms with van der Waals surface area (Å²) in [6, 6.07) is 0. The molecular formula is C12H22N2O4. The van der Waals surface area contributed by atoms with Crippen LogP contribution < -0.4 is 0 Å². The molecule has 1 aliphatic heterocycles. The molecule has 6 heteroatoms. The van der Waals surface area contributed by atoms with Gasteiger partial charge < -0.3 is 14.7 Å². The number of nitrogens with zero attached hydrogens (tertiary/aromatic N) is 2. The number of β-amino-alcohol motifs (C(OH)–C–C–N with tert-alkyl or cyclic N) is 1. The average molecular weight is 258 g/mol. The number of aliphatic hydroxyl groups is 1. The average Bonchev–Trinajstić information content (AvgIpc) is 2.41. The first-order chi connectivity index (χ1) is 8.52. The molecule has 0 aromatic carbocycles. The number of rotatable bonds is 5. The SMILES string of the molecule is CCOC(=O)CC(O)CN1CCCN(C)C(=O)C1. The van der Waals surface area contributed by atoms with Crippen molar-refractivity contribution in [3.8, 4) is 0 Å². The molecule has 1 aliphatic rings. The van der Waals surface area contributed by atoms with Crippen LogP contribution in [0.1, 0.15) is 19.8 Å². The number of carbonyl (C=O) groups is 2. The van der Waals surface area contributed by atoms with Gasteiger partial charge in [-0.05, 0) is 13.3 Å². The van der Waals surface area contributed by atoms with Crippen LogP contribution in [0.15, 0.2) is 0 Å². The van der Waals surface area contributed by atoms with Gasteiger partial charge in [-0.2, -0.15) is 0 Å². The lowest BCUT2D eigenvalue weighted by molar-refractivity contribution is -0.145. The van der Waals surface area contributed by atoms with E-state index in [-0.39, 0.29) is 12.3 Å². The summed E-state index contributed by atoms with van der Waals surface area (Å²) in [5.74, 6) is -0.348. The second-order valence-corrected chi connectivity index (χ2v) is 4.57. The standard InChI is InChI=1S/C12H22N2O4/c1-3-18-12(17)7-10(15)8-14-6-4-5-13(2)11(16)9-14/h10,15H,3-9H2,1-2H3. The second kappa shape index (κ2) is 7.33. The summed E-state index contributed by atoms with van der Waals surface area (Å²) in [7, 11) is 1.78. The van der Waals surface area contributed by atoms with Gasteiger partial charge in [0.1, 0.15) is 0 Å². The molecular weight excluding hydrogens is 236 g/mol. The molecule has 0 spiro atoms. The van der Waals surface area contributed by atoms with Crippen molar-refractivity contribution in [1.29, 1.82) is 0 Å². The van der Waals surface area contributed by atoms with Gasteiger partial charge in [0.05, 0.1) is 25.7 Å². The van der Waals surface area contributed by atoms with Crippen LogP contribution in [0.3, 0.4) is 0 Å². The van der Waals surface area contributed by atoms with E-state index in [1.807, 2.05) is 4.90 Å². The number of ether oxygens (including phenoxy) is 1. The lowest BCUT2D eigenvalue weighted by atomic mass is 10.2. The van der Waals surface area contributed by atoms with Crippen LogP contribution in [-0.4, -0.2) is 72.7 Å². The van der Waals surface area contributed by atoms with Crippen molar-refractivity contribution in [3.63, 3.8) is 0 Å². The van der Waals surface area contributed by atoms with Gasteiger partial charge >= 0.3 is 5.97 Å². The van der Waals surface area contributed by atoms with E-state index in [9.17, 15) is 14.7 Å². The van der Waals surface area contributed by atoms with Crippen molar-refractivity contribution in [1.82, 2.24) is 9.80 Å². The fourth-order valence-corrected chi connectivity index (χ4v) is 1.98. The third kappa shape index (κ3) is 5.01. The highest BCUT2D eigenvalue weighted by Crippen LogP contribution is 2.05. The lowest BCUT2D eigenvalue weighted by Gasteiger charge is -2.22.